The fourth-order valence-electron chi connectivity index (χ4n) is 4.93. The van der Waals surface area contributed by atoms with Gasteiger partial charge in [-0.1, -0.05) is 165 Å². The van der Waals surface area contributed by atoms with Crippen molar-refractivity contribution in [1.29, 1.82) is 0 Å². The normalized spacial score (nSPS) is 13.6. The number of hydrogen-bond donors (Lipinski definition) is 0. The summed E-state index contributed by atoms with van der Waals surface area (Å²) < 4.78 is 0. The van der Waals surface area contributed by atoms with Crippen LogP contribution in [-0.4, -0.2) is 0 Å². The Bertz CT molecular complexity index is 412. The Balaban J connectivity index is -0.000000705. The molecule has 214 valence electrons. The molecule has 0 saturated carbocycles. The maximum Gasteiger partial charge on any atom is -0.0300 e. The highest BCUT2D eigenvalue weighted by atomic mass is 14.3. The Morgan fingerprint density at radius 1 is 0.657 bits per heavy atom. The van der Waals surface area contributed by atoms with E-state index in [4.69, 9.17) is 0 Å². The van der Waals surface area contributed by atoms with Gasteiger partial charge in [0.05, 0.1) is 0 Å². The average Bonchev–Trinajstić information content (AvgIpc) is 2.86. The summed E-state index contributed by atoms with van der Waals surface area (Å²) in [6, 6.07) is 0. The smallest absolute Gasteiger partial charge is 0.0300 e. The number of unbranched alkanes of at least 4 members (excludes halogenated alkanes) is 3. The molecule has 0 radical (unpaired) electrons. The Kier molecular flexibility index (Phi) is 31.8. The Labute approximate surface area is 226 Å². The van der Waals surface area contributed by atoms with Crippen LogP contribution in [0.15, 0.2) is 11.6 Å². The van der Waals surface area contributed by atoms with Crippen molar-refractivity contribution in [1.82, 2.24) is 0 Å². The van der Waals surface area contributed by atoms with Crippen LogP contribution >= 0.6 is 0 Å². The minimum absolute atomic E-state index is 0.597. The van der Waals surface area contributed by atoms with Crippen LogP contribution in [0.25, 0.3) is 0 Å². The van der Waals surface area contributed by atoms with Crippen molar-refractivity contribution in [2.45, 2.75) is 192 Å². The fraction of sp³-hybridized carbons (Fsp3) is 0.943. The summed E-state index contributed by atoms with van der Waals surface area (Å²) in [7, 11) is 0. The van der Waals surface area contributed by atoms with E-state index < -0.39 is 0 Å². The van der Waals surface area contributed by atoms with Crippen LogP contribution < -0.4 is 0 Å². The molecule has 0 aliphatic heterocycles. The van der Waals surface area contributed by atoms with Gasteiger partial charge >= 0.3 is 0 Å². The number of allylic oxidation sites excluding steroid dienone is 2. The summed E-state index contributed by atoms with van der Waals surface area (Å²) in [5.74, 6) is 2.78. The van der Waals surface area contributed by atoms with Crippen molar-refractivity contribution in [3.63, 3.8) is 0 Å². The first-order chi connectivity index (χ1) is 16.7. The van der Waals surface area contributed by atoms with Crippen LogP contribution in [0, 0.1) is 23.2 Å². The van der Waals surface area contributed by atoms with Crippen LogP contribution in [0.4, 0.5) is 0 Å². The second-order valence-electron chi connectivity index (χ2n) is 11.8. The molecule has 0 heteroatoms. The zero-order chi connectivity index (χ0) is 27.5. The molecule has 0 nitrogen and oxygen atoms in total. The van der Waals surface area contributed by atoms with E-state index in [2.05, 4.69) is 89.2 Å². The standard InChI is InChI=1S/C23H46.C9H20.C3H8/c1-7-13-14-16-22(15-8-2)18-20-23(11-5,12-6)19-17-21(9-3)10-4;1-5-6-7-9(4)8(2)3;1-3-2/h9,22H,7-8,10-20H2,1-6H3;8-9H,5-7H2,1-4H3;3H2,1-2H3/b21-9+;;. The van der Waals surface area contributed by atoms with E-state index in [9.17, 15) is 0 Å². The molecule has 0 aliphatic carbocycles. The summed E-state index contributed by atoms with van der Waals surface area (Å²) >= 11 is 0. The highest BCUT2D eigenvalue weighted by Crippen LogP contribution is 2.40. The highest BCUT2D eigenvalue weighted by molar-refractivity contribution is 5.00. The van der Waals surface area contributed by atoms with Crippen molar-refractivity contribution in [3.05, 3.63) is 11.6 Å². The summed E-state index contributed by atoms with van der Waals surface area (Å²) in [5.41, 5.74) is 2.25. The second kappa shape index (κ2) is 28.3. The SMILES string of the molecule is C/C=C(\CC)CCC(CC)(CC)CCC(CCC)CCCCC.CCC.CCCCC(C)C(C)C. The second-order valence-corrected chi connectivity index (χ2v) is 11.8. The van der Waals surface area contributed by atoms with Crippen LogP contribution in [0.5, 0.6) is 0 Å². The Morgan fingerprint density at radius 2 is 1.23 bits per heavy atom. The van der Waals surface area contributed by atoms with Crippen molar-refractivity contribution >= 4 is 0 Å². The molecule has 0 saturated heterocycles. The predicted octanol–water partition coefficient (Wildman–Crippen LogP) is 13.6. The fourth-order valence-corrected chi connectivity index (χ4v) is 4.93. The molecule has 0 heterocycles. The van der Waals surface area contributed by atoms with Crippen molar-refractivity contribution in [2.75, 3.05) is 0 Å². The third-order valence-electron chi connectivity index (χ3n) is 8.49. The van der Waals surface area contributed by atoms with Gasteiger partial charge < -0.3 is 0 Å². The third-order valence-corrected chi connectivity index (χ3v) is 8.49. The minimum Gasteiger partial charge on any atom is -0.0885 e. The van der Waals surface area contributed by atoms with E-state index >= 15 is 0 Å². The first kappa shape index (κ1) is 39.3. The number of hydrogen-bond acceptors (Lipinski definition) is 0. The molecule has 35 heavy (non-hydrogen) atoms. The van der Waals surface area contributed by atoms with E-state index in [-0.39, 0.29) is 0 Å². The molecule has 0 aromatic rings. The van der Waals surface area contributed by atoms with Gasteiger partial charge in [0, 0.05) is 0 Å². The third kappa shape index (κ3) is 23.9. The lowest BCUT2D eigenvalue weighted by Gasteiger charge is -2.34. The van der Waals surface area contributed by atoms with Crippen LogP contribution in [0.2, 0.25) is 0 Å². The van der Waals surface area contributed by atoms with E-state index in [1.165, 1.54) is 109 Å². The van der Waals surface area contributed by atoms with Gasteiger partial charge in [-0.05, 0) is 62.2 Å². The monoisotopic (exact) mass is 495 g/mol. The molecule has 0 spiro atoms. The van der Waals surface area contributed by atoms with E-state index in [0.717, 1.165) is 17.8 Å². The summed E-state index contributed by atoms with van der Waals surface area (Å²) in [4.78, 5) is 0. The molecule has 0 fully saturated rings. The lowest BCUT2D eigenvalue weighted by atomic mass is 9.72. The molecule has 0 aromatic heterocycles. The molecule has 0 amide bonds. The van der Waals surface area contributed by atoms with Gasteiger partial charge in [-0.15, -0.1) is 0 Å². The zero-order valence-electron chi connectivity index (χ0n) is 27.3. The Morgan fingerprint density at radius 3 is 1.63 bits per heavy atom. The topological polar surface area (TPSA) is 0 Å². The highest BCUT2D eigenvalue weighted by Gasteiger charge is 2.26. The predicted molar refractivity (Wildman–Crippen MR) is 168 cm³/mol. The van der Waals surface area contributed by atoms with Gasteiger partial charge in [0.1, 0.15) is 0 Å². The van der Waals surface area contributed by atoms with Crippen molar-refractivity contribution in [2.24, 2.45) is 23.2 Å². The molecule has 2 atom stereocenters. The van der Waals surface area contributed by atoms with Gasteiger partial charge in [0.25, 0.3) is 0 Å². The molecule has 0 bridgehead atoms. The molecule has 0 aromatic carbocycles. The summed E-state index contributed by atoms with van der Waals surface area (Å²) in [5, 5.41) is 0. The van der Waals surface area contributed by atoms with Gasteiger partial charge in [-0.2, -0.15) is 0 Å². The molecular formula is C35H74. The first-order valence-electron chi connectivity index (χ1n) is 16.3. The first-order valence-corrected chi connectivity index (χ1v) is 16.3. The lowest BCUT2D eigenvalue weighted by Crippen LogP contribution is -2.21. The summed E-state index contributed by atoms with van der Waals surface area (Å²) in [6.45, 7) is 27.5. The number of rotatable bonds is 19. The lowest BCUT2D eigenvalue weighted by molar-refractivity contribution is 0.191. The molecule has 0 N–H and O–H groups in total. The molecule has 0 rings (SSSR count). The van der Waals surface area contributed by atoms with Gasteiger partial charge in [0.2, 0.25) is 0 Å². The minimum atomic E-state index is 0.597. The van der Waals surface area contributed by atoms with Crippen LogP contribution in [-0.2, 0) is 0 Å². The summed E-state index contributed by atoms with van der Waals surface area (Å²) in [6.07, 6.45) is 25.9. The Hall–Kier alpha value is -0.260. The van der Waals surface area contributed by atoms with Gasteiger partial charge in [-0.25, -0.2) is 0 Å². The quantitative estimate of drug-likeness (QED) is 0.124. The van der Waals surface area contributed by atoms with Crippen LogP contribution in [0.1, 0.15) is 192 Å². The largest absolute Gasteiger partial charge is 0.0885 e. The van der Waals surface area contributed by atoms with E-state index in [1.807, 2.05) is 0 Å². The van der Waals surface area contributed by atoms with E-state index in [1.54, 1.807) is 5.57 Å². The molecular weight excluding hydrogens is 420 g/mol. The van der Waals surface area contributed by atoms with Gasteiger partial charge in [0.15, 0.2) is 0 Å². The maximum atomic E-state index is 2.43. The van der Waals surface area contributed by atoms with Gasteiger partial charge in [-0.3, -0.25) is 0 Å². The molecule has 2 unspecified atom stereocenters. The van der Waals surface area contributed by atoms with Crippen molar-refractivity contribution < 1.29 is 0 Å². The average molecular weight is 495 g/mol. The van der Waals surface area contributed by atoms with Crippen LogP contribution in [0.3, 0.4) is 0 Å². The molecule has 0 aliphatic rings. The zero-order valence-corrected chi connectivity index (χ0v) is 27.3. The van der Waals surface area contributed by atoms with E-state index in [0.29, 0.717) is 5.41 Å². The maximum absolute atomic E-state index is 2.43. The van der Waals surface area contributed by atoms with Crippen molar-refractivity contribution in [3.8, 4) is 0 Å².